The van der Waals surface area contributed by atoms with Gasteiger partial charge in [0, 0.05) is 5.39 Å². The third-order valence-electron chi connectivity index (χ3n) is 3.11. The van der Waals surface area contributed by atoms with Crippen molar-refractivity contribution in [1.29, 1.82) is 0 Å². The fourth-order valence-electron chi connectivity index (χ4n) is 2.00. The monoisotopic (exact) mass is 287 g/mol. The number of rotatable bonds is 7. The van der Waals surface area contributed by atoms with Crippen LogP contribution >= 0.6 is 0 Å². The molecule has 0 spiro atoms. The fourth-order valence-corrected chi connectivity index (χ4v) is 2.00. The molecule has 1 amide bonds. The molecule has 0 saturated heterocycles. The van der Waals surface area contributed by atoms with Crippen LogP contribution in [0.4, 0.5) is 4.79 Å². The Labute approximate surface area is 125 Å². The first kappa shape index (κ1) is 15.2. The van der Waals surface area contributed by atoms with Crippen molar-refractivity contribution >= 4 is 16.9 Å². The average Bonchev–Trinajstić information content (AvgIpc) is 2.52. The largest absolute Gasteiger partial charge is 0.491 e. The van der Waals surface area contributed by atoms with Gasteiger partial charge in [-0.1, -0.05) is 49.7 Å². The highest BCUT2D eigenvalue weighted by atomic mass is 16.5. The number of fused-ring (bicyclic) bond motifs is 1. The van der Waals surface area contributed by atoms with Gasteiger partial charge >= 0.3 is 6.09 Å². The summed E-state index contributed by atoms with van der Waals surface area (Å²) in [6, 6.07) is 14.0. The van der Waals surface area contributed by atoms with Gasteiger partial charge in [-0.15, -0.1) is 0 Å². The first-order chi connectivity index (χ1) is 10.3. The number of nitrogens with one attached hydrogen (secondary N) is 1. The topological polar surface area (TPSA) is 47.6 Å². The molecule has 21 heavy (non-hydrogen) atoms. The highest BCUT2D eigenvalue weighted by Crippen LogP contribution is 2.24. The summed E-state index contributed by atoms with van der Waals surface area (Å²) in [6.07, 6.45) is 1.52. The number of benzene rings is 2. The summed E-state index contributed by atoms with van der Waals surface area (Å²) in [4.78, 5) is 11.4. The molecule has 0 aromatic heterocycles. The zero-order valence-corrected chi connectivity index (χ0v) is 12.3. The van der Waals surface area contributed by atoms with Crippen LogP contribution in [0.25, 0.3) is 10.8 Å². The Bertz CT molecular complexity index is 578. The van der Waals surface area contributed by atoms with Crippen LogP contribution in [0.5, 0.6) is 5.75 Å². The molecule has 0 heterocycles. The van der Waals surface area contributed by atoms with E-state index in [1.54, 1.807) is 0 Å². The number of alkyl carbamates (subject to hydrolysis) is 1. The molecule has 0 fully saturated rings. The molecule has 2 aromatic carbocycles. The minimum atomic E-state index is -0.384. The van der Waals surface area contributed by atoms with E-state index >= 15 is 0 Å². The molecule has 0 bridgehead atoms. The van der Waals surface area contributed by atoms with Crippen LogP contribution in [0, 0.1) is 0 Å². The lowest BCUT2D eigenvalue weighted by atomic mass is 10.1. The third kappa shape index (κ3) is 4.67. The molecule has 4 nitrogen and oxygen atoms in total. The van der Waals surface area contributed by atoms with Gasteiger partial charge < -0.3 is 14.8 Å². The van der Waals surface area contributed by atoms with Gasteiger partial charge in [0.15, 0.2) is 0 Å². The van der Waals surface area contributed by atoms with Crippen LogP contribution in [-0.2, 0) is 4.74 Å². The van der Waals surface area contributed by atoms with Gasteiger partial charge in [0.25, 0.3) is 0 Å². The van der Waals surface area contributed by atoms with E-state index in [0.29, 0.717) is 19.8 Å². The Hall–Kier alpha value is -2.23. The summed E-state index contributed by atoms with van der Waals surface area (Å²) in [7, 11) is 0. The molecule has 112 valence electrons. The van der Waals surface area contributed by atoms with E-state index in [4.69, 9.17) is 9.47 Å². The van der Waals surface area contributed by atoms with Crippen LogP contribution in [0.1, 0.15) is 19.8 Å². The molecular weight excluding hydrogens is 266 g/mol. The van der Waals surface area contributed by atoms with Gasteiger partial charge in [-0.3, -0.25) is 0 Å². The number of hydrogen-bond acceptors (Lipinski definition) is 3. The Balaban J connectivity index is 1.76. The Morgan fingerprint density at radius 2 is 1.90 bits per heavy atom. The molecule has 0 radical (unpaired) electrons. The van der Waals surface area contributed by atoms with Crippen molar-refractivity contribution in [2.45, 2.75) is 19.8 Å². The van der Waals surface area contributed by atoms with Crippen LogP contribution < -0.4 is 10.1 Å². The van der Waals surface area contributed by atoms with Crippen molar-refractivity contribution in [1.82, 2.24) is 5.32 Å². The van der Waals surface area contributed by atoms with Crippen LogP contribution in [0.2, 0.25) is 0 Å². The van der Waals surface area contributed by atoms with Crippen molar-refractivity contribution < 1.29 is 14.3 Å². The molecule has 1 N–H and O–H groups in total. The lowest BCUT2D eigenvalue weighted by Crippen LogP contribution is -2.29. The Morgan fingerprint density at radius 3 is 2.76 bits per heavy atom. The predicted octanol–water partition coefficient (Wildman–Crippen LogP) is 3.74. The lowest BCUT2D eigenvalue weighted by molar-refractivity contribution is 0.142. The first-order valence-electron chi connectivity index (χ1n) is 7.32. The third-order valence-corrected chi connectivity index (χ3v) is 3.11. The van der Waals surface area contributed by atoms with Gasteiger partial charge in [0.1, 0.15) is 12.4 Å². The second kappa shape index (κ2) is 8.15. The highest BCUT2D eigenvalue weighted by molar-refractivity contribution is 5.88. The zero-order chi connectivity index (χ0) is 14.9. The maximum atomic E-state index is 11.4. The molecule has 0 aliphatic carbocycles. The van der Waals surface area contributed by atoms with Gasteiger partial charge in [-0.05, 0) is 17.9 Å². The van der Waals surface area contributed by atoms with Crippen molar-refractivity contribution in [2.24, 2.45) is 0 Å². The summed E-state index contributed by atoms with van der Waals surface area (Å²) < 4.78 is 10.7. The number of carbonyl (C=O) groups is 1. The van der Waals surface area contributed by atoms with Gasteiger partial charge in [0.2, 0.25) is 0 Å². The van der Waals surface area contributed by atoms with Crippen LogP contribution in [-0.4, -0.2) is 25.9 Å². The molecule has 0 aliphatic heterocycles. The van der Waals surface area contributed by atoms with E-state index < -0.39 is 0 Å². The average molecular weight is 287 g/mol. The van der Waals surface area contributed by atoms with E-state index in [1.807, 2.05) is 42.5 Å². The molecule has 0 atom stereocenters. The van der Waals surface area contributed by atoms with E-state index in [9.17, 15) is 4.79 Å². The minimum Gasteiger partial charge on any atom is -0.491 e. The lowest BCUT2D eigenvalue weighted by Gasteiger charge is -2.10. The minimum absolute atomic E-state index is 0.384. The summed E-state index contributed by atoms with van der Waals surface area (Å²) in [6.45, 7) is 3.36. The van der Waals surface area contributed by atoms with E-state index in [-0.39, 0.29) is 6.09 Å². The molecule has 0 aliphatic rings. The maximum Gasteiger partial charge on any atom is 0.407 e. The number of unbranched alkanes of at least 4 members (excludes halogenated alkanes) is 1. The number of hydrogen-bond donors (Lipinski definition) is 1. The molecule has 2 aromatic rings. The Kier molecular flexibility index (Phi) is 5.88. The second-order valence-corrected chi connectivity index (χ2v) is 4.74. The summed E-state index contributed by atoms with van der Waals surface area (Å²) >= 11 is 0. The molecule has 0 saturated carbocycles. The number of ether oxygens (including phenoxy) is 2. The molecule has 2 rings (SSSR count). The zero-order valence-electron chi connectivity index (χ0n) is 12.3. The van der Waals surface area contributed by atoms with Crippen molar-refractivity contribution in [3.8, 4) is 5.75 Å². The van der Waals surface area contributed by atoms with Crippen molar-refractivity contribution in [3.05, 3.63) is 42.5 Å². The predicted molar refractivity (Wildman–Crippen MR) is 83.7 cm³/mol. The molecular formula is C17H21NO3. The van der Waals surface area contributed by atoms with E-state index in [0.717, 1.165) is 29.4 Å². The second-order valence-electron chi connectivity index (χ2n) is 4.74. The van der Waals surface area contributed by atoms with Gasteiger partial charge in [-0.25, -0.2) is 4.79 Å². The smallest absolute Gasteiger partial charge is 0.407 e. The van der Waals surface area contributed by atoms with E-state index in [2.05, 4.69) is 12.2 Å². The Morgan fingerprint density at radius 1 is 1.10 bits per heavy atom. The number of amides is 1. The first-order valence-corrected chi connectivity index (χ1v) is 7.32. The van der Waals surface area contributed by atoms with Crippen LogP contribution in [0.15, 0.2) is 42.5 Å². The summed E-state index contributed by atoms with van der Waals surface area (Å²) in [5, 5.41) is 4.89. The molecule has 0 unspecified atom stereocenters. The normalized spacial score (nSPS) is 10.3. The standard InChI is InChI=1S/C17H21NO3/c1-2-3-12-21-17(19)18-11-13-20-16-10-6-8-14-7-4-5-9-15(14)16/h4-10H,2-3,11-13H2,1H3,(H,18,19). The van der Waals surface area contributed by atoms with Crippen LogP contribution in [0.3, 0.4) is 0 Å². The van der Waals surface area contributed by atoms with Crippen molar-refractivity contribution in [3.63, 3.8) is 0 Å². The summed E-state index contributed by atoms with van der Waals surface area (Å²) in [5.74, 6) is 0.828. The van der Waals surface area contributed by atoms with Gasteiger partial charge in [0.05, 0.1) is 13.2 Å². The molecule has 4 heteroatoms. The van der Waals surface area contributed by atoms with E-state index in [1.165, 1.54) is 0 Å². The highest BCUT2D eigenvalue weighted by Gasteiger charge is 2.03. The van der Waals surface area contributed by atoms with Crippen molar-refractivity contribution in [2.75, 3.05) is 19.8 Å². The number of carbonyl (C=O) groups excluding carboxylic acids is 1. The summed E-state index contributed by atoms with van der Waals surface area (Å²) in [5.41, 5.74) is 0. The maximum absolute atomic E-state index is 11.4. The van der Waals surface area contributed by atoms with Gasteiger partial charge in [-0.2, -0.15) is 0 Å². The quantitative estimate of drug-likeness (QED) is 0.789. The SMILES string of the molecule is CCCCOC(=O)NCCOc1cccc2ccccc12. The fraction of sp³-hybridized carbons (Fsp3) is 0.353.